The lowest BCUT2D eigenvalue weighted by Crippen LogP contribution is -2.43. The molecule has 2 N–H and O–H groups in total. The molecule has 3 fully saturated rings. The number of fused-ring (bicyclic) bond motifs is 2. The number of ether oxygens (including phenoxy) is 1. The predicted octanol–water partition coefficient (Wildman–Crippen LogP) is 2.01. The fraction of sp³-hybridized carbons (Fsp3) is 0.933. The van der Waals surface area contributed by atoms with Crippen LogP contribution in [0.3, 0.4) is 0 Å². The van der Waals surface area contributed by atoms with Crippen LogP contribution < -0.4 is 10.6 Å². The van der Waals surface area contributed by atoms with E-state index in [0.29, 0.717) is 24.4 Å². The van der Waals surface area contributed by atoms with E-state index in [4.69, 9.17) is 4.74 Å². The van der Waals surface area contributed by atoms with Crippen molar-refractivity contribution >= 4 is 18.3 Å². The number of hydrogen-bond donors (Lipinski definition) is 2. The number of carbonyl (C=O) groups excluding carboxylic acids is 1. The van der Waals surface area contributed by atoms with Crippen LogP contribution in [0.1, 0.15) is 51.9 Å². The highest BCUT2D eigenvalue weighted by Gasteiger charge is 2.34. The second kappa shape index (κ2) is 7.10. The van der Waals surface area contributed by atoms with Crippen LogP contribution in [-0.2, 0) is 9.53 Å². The lowest BCUT2D eigenvalue weighted by Gasteiger charge is -2.29. The van der Waals surface area contributed by atoms with E-state index in [0.717, 1.165) is 19.4 Å². The quantitative estimate of drug-likeness (QED) is 0.835. The molecule has 3 aliphatic rings. The third-order valence-electron chi connectivity index (χ3n) is 4.96. The van der Waals surface area contributed by atoms with Gasteiger partial charge in [0, 0.05) is 25.1 Å². The standard InChI is InChI=1S/C15H26N2O2.ClH/c1-10(14-3-2-6-19-14)16-15(18)9-11-7-12-4-5-13(8-11)17-12;/h10-14,17H,2-9H2,1H3,(H,16,18);1H. The smallest absolute Gasteiger partial charge is 0.220 e. The molecule has 3 aliphatic heterocycles. The fourth-order valence-electron chi connectivity index (χ4n) is 4.01. The van der Waals surface area contributed by atoms with E-state index in [-0.39, 0.29) is 30.5 Å². The van der Waals surface area contributed by atoms with E-state index in [1.165, 1.54) is 25.7 Å². The maximum atomic E-state index is 12.1. The summed E-state index contributed by atoms with van der Waals surface area (Å²) in [5, 5.41) is 6.76. The molecule has 20 heavy (non-hydrogen) atoms. The summed E-state index contributed by atoms with van der Waals surface area (Å²) in [7, 11) is 0. The minimum atomic E-state index is 0. The average molecular weight is 303 g/mol. The number of hydrogen-bond acceptors (Lipinski definition) is 3. The normalized spacial score (nSPS) is 37.2. The zero-order valence-corrected chi connectivity index (χ0v) is 13.1. The minimum Gasteiger partial charge on any atom is -0.376 e. The van der Waals surface area contributed by atoms with Crippen LogP contribution in [0.4, 0.5) is 0 Å². The summed E-state index contributed by atoms with van der Waals surface area (Å²) < 4.78 is 5.62. The average Bonchev–Trinajstić information content (AvgIpc) is 2.99. The van der Waals surface area contributed by atoms with Gasteiger partial charge in [0.25, 0.3) is 0 Å². The van der Waals surface area contributed by atoms with Gasteiger partial charge in [-0.2, -0.15) is 0 Å². The van der Waals surface area contributed by atoms with Crippen LogP contribution in [-0.4, -0.2) is 36.7 Å². The third-order valence-corrected chi connectivity index (χ3v) is 4.96. The molecule has 0 radical (unpaired) electrons. The molecule has 0 spiro atoms. The van der Waals surface area contributed by atoms with Crippen molar-refractivity contribution in [2.24, 2.45) is 5.92 Å². The topological polar surface area (TPSA) is 50.4 Å². The summed E-state index contributed by atoms with van der Waals surface area (Å²) in [6, 6.07) is 1.51. The Labute approximate surface area is 127 Å². The SMILES string of the molecule is CC(NC(=O)CC1CC2CCC(C1)N2)C1CCCO1.Cl. The maximum absolute atomic E-state index is 12.1. The number of nitrogens with one attached hydrogen (secondary N) is 2. The Bertz CT molecular complexity index is 322. The number of piperidine rings is 1. The molecule has 1 amide bonds. The van der Waals surface area contributed by atoms with E-state index in [9.17, 15) is 4.79 Å². The Morgan fingerprint density at radius 3 is 2.60 bits per heavy atom. The molecule has 0 aliphatic carbocycles. The first-order valence-electron chi connectivity index (χ1n) is 7.87. The van der Waals surface area contributed by atoms with Crippen molar-refractivity contribution in [2.75, 3.05) is 6.61 Å². The molecule has 0 aromatic heterocycles. The highest BCUT2D eigenvalue weighted by Crippen LogP contribution is 2.32. The molecule has 5 heteroatoms. The Hall–Kier alpha value is -0.320. The second-order valence-electron chi connectivity index (χ2n) is 6.59. The third kappa shape index (κ3) is 3.86. The first kappa shape index (κ1) is 16.1. The summed E-state index contributed by atoms with van der Waals surface area (Å²) in [4.78, 5) is 12.1. The van der Waals surface area contributed by atoms with Crippen molar-refractivity contribution in [1.82, 2.24) is 10.6 Å². The monoisotopic (exact) mass is 302 g/mol. The van der Waals surface area contributed by atoms with Gasteiger partial charge in [0.15, 0.2) is 0 Å². The molecule has 4 unspecified atom stereocenters. The van der Waals surface area contributed by atoms with Gasteiger partial charge >= 0.3 is 0 Å². The lowest BCUT2D eigenvalue weighted by molar-refractivity contribution is -0.123. The highest BCUT2D eigenvalue weighted by atomic mass is 35.5. The van der Waals surface area contributed by atoms with Crippen molar-refractivity contribution in [3.05, 3.63) is 0 Å². The van der Waals surface area contributed by atoms with Gasteiger partial charge in [-0.1, -0.05) is 0 Å². The summed E-state index contributed by atoms with van der Waals surface area (Å²) in [5.74, 6) is 0.796. The maximum Gasteiger partial charge on any atom is 0.220 e. The Kier molecular flexibility index (Phi) is 5.70. The highest BCUT2D eigenvalue weighted by molar-refractivity contribution is 5.85. The van der Waals surface area contributed by atoms with Gasteiger partial charge in [-0.3, -0.25) is 4.79 Å². The molecule has 3 heterocycles. The first-order chi connectivity index (χ1) is 9.20. The summed E-state index contributed by atoms with van der Waals surface area (Å²) in [6.07, 6.45) is 8.10. The van der Waals surface area contributed by atoms with Crippen molar-refractivity contribution in [3.63, 3.8) is 0 Å². The minimum absolute atomic E-state index is 0. The van der Waals surface area contributed by atoms with E-state index in [1.807, 2.05) is 0 Å². The van der Waals surface area contributed by atoms with E-state index in [2.05, 4.69) is 17.6 Å². The van der Waals surface area contributed by atoms with Gasteiger partial charge in [-0.25, -0.2) is 0 Å². The fourth-order valence-corrected chi connectivity index (χ4v) is 4.01. The largest absolute Gasteiger partial charge is 0.376 e. The zero-order chi connectivity index (χ0) is 13.2. The van der Waals surface area contributed by atoms with E-state index < -0.39 is 0 Å². The van der Waals surface area contributed by atoms with Crippen molar-refractivity contribution < 1.29 is 9.53 Å². The Balaban J connectivity index is 0.00000147. The van der Waals surface area contributed by atoms with Gasteiger partial charge in [-0.15, -0.1) is 12.4 Å². The lowest BCUT2D eigenvalue weighted by atomic mass is 9.89. The first-order valence-corrected chi connectivity index (χ1v) is 7.87. The van der Waals surface area contributed by atoms with Crippen LogP contribution >= 0.6 is 12.4 Å². The summed E-state index contributed by atoms with van der Waals surface area (Å²) in [5.41, 5.74) is 0. The van der Waals surface area contributed by atoms with Gasteiger partial charge < -0.3 is 15.4 Å². The van der Waals surface area contributed by atoms with Gasteiger partial charge in [0.2, 0.25) is 5.91 Å². The van der Waals surface area contributed by atoms with E-state index >= 15 is 0 Å². The van der Waals surface area contributed by atoms with E-state index in [1.54, 1.807) is 0 Å². The predicted molar refractivity (Wildman–Crippen MR) is 81.1 cm³/mol. The Morgan fingerprint density at radius 1 is 1.30 bits per heavy atom. The van der Waals surface area contributed by atoms with Crippen LogP contribution in [0.15, 0.2) is 0 Å². The molecule has 2 bridgehead atoms. The van der Waals surface area contributed by atoms with Crippen LogP contribution in [0, 0.1) is 5.92 Å². The summed E-state index contributed by atoms with van der Waals surface area (Å²) >= 11 is 0. The number of carbonyl (C=O) groups is 1. The summed E-state index contributed by atoms with van der Waals surface area (Å²) in [6.45, 7) is 2.92. The number of rotatable bonds is 4. The Morgan fingerprint density at radius 2 is 2.00 bits per heavy atom. The van der Waals surface area contributed by atoms with Crippen LogP contribution in [0.25, 0.3) is 0 Å². The molecule has 4 atom stereocenters. The van der Waals surface area contributed by atoms with Crippen molar-refractivity contribution in [3.8, 4) is 0 Å². The molecule has 0 aromatic carbocycles. The number of amides is 1. The van der Waals surface area contributed by atoms with Crippen molar-refractivity contribution in [2.45, 2.75) is 76.1 Å². The van der Waals surface area contributed by atoms with Gasteiger partial charge in [0.05, 0.1) is 12.1 Å². The number of halogens is 1. The van der Waals surface area contributed by atoms with Gasteiger partial charge in [0.1, 0.15) is 0 Å². The molecule has 116 valence electrons. The second-order valence-corrected chi connectivity index (χ2v) is 6.59. The molecular weight excluding hydrogens is 276 g/mol. The van der Waals surface area contributed by atoms with Crippen LogP contribution in [0.5, 0.6) is 0 Å². The van der Waals surface area contributed by atoms with Crippen molar-refractivity contribution in [1.29, 1.82) is 0 Å². The molecule has 4 nitrogen and oxygen atoms in total. The zero-order valence-electron chi connectivity index (χ0n) is 12.3. The van der Waals surface area contributed by atoms with Gasteiger partial charge in [-0.05, 0) is 51.4 Å². The molecule has 3 saturated heterocycles. The molecule has 3 rings (SSSR count). The molecular formula is C15H27ClN2O2. The molecule has 0 saturated carbocycles. The van der Waals surface area contributed by atoms with Crippen LogP contribution in [0.2, 0.25) is 0 Å². The molecule has 0 aromatic rings.